The Labute approximate surface area is 143 Å². The summed E-state index contributed by atoms with van der Waals surface area (Å²) in [6.07, 6.45) is 0.705. The molecule has 1 aliphatic carbocycles. The van der Waals surface area contributed by atoms with Crippen molar-refractivity contribution in [3.63, 3.8) is 0 Å². The number of amides is 1. The first-order chi connectivity index (χ1) is 11.3. The number of rotatable bonds is 4. The third-order valence-corrected chi connectivity index (χ3v) is 4.96. The summed E-state index contributed by atoms with van der Waals surface area (Å²) in [4.78, 5) is 12.9. The van der Waals surface area contributed by atoms with Crippen LogP contribution in [-0.2, 0) is 6.18 Å². The quantitative estimate of drug-likeness (QED) is 0.806. The molecule has 1 amide bonds. The van der Waals surface area contributed by atoms with Crippen molar-refractivity contribution in [2.24, 2.45) is 5.73 Å². The van der Waals surface area contributed by atoms with Gasteiger partial charge in [-0.05, 0) is 31.2 Å². The molecule has 0 bridgehead atoms. The summed E-state index contributed by atoms with van der Waals surface area (Å²) in [7, 11) is 1.25. The van der Waals surface area contributed by atoms with Crippen LogP contribution in [0.5, 0.6) is 5.75 Å². The number of alkyl halides is 3. The lowest BCUT2D eigenvalue weighted by atomic mass is 9.91. The fraction of sp³-hybridized carbons (Fsp3) is 0.562. The monoisotopic (exact) mass is 362 g/mol. The average Bonchev–Trinajstić information content (AvgIpc) is 2.54. The van der Waals surface area contributed by atoms with E-state index in [1.165, 1.54) is 7.11 Å². The molecule has 0 aromatic heterocycles. The Kier molecular flexibility index (Phi) is 6.03. The van der Waals surface area contributed by atoms with Gasteiger partial charge in [-0.2, -0.15) is 13.2 Å². The van der Waals surface area contributed by atoms with E-state index in [0.29, 0.717) is 0 Å². The van der Waals surface area contributed by atoms with Gasteiger partial charge in [-0.1, -0.05) is 12.8 Å². The van der Waals surface area contributed by atoms with E-state index >= 15 is 0 Å². The lowest BCUT2D eigenvalue weighted by Crippen LogP contribution is -2.49. The van der Waals surface area contributed by atoms with Crippen molar-refractivity contribution in [3.05, 3.63) is 23.3 Å². The standard InChI is InChI=1S/C16H21F3N2O2S/c1-23-12-7-9(16(17,18)19)8-13(24-2)14(12)15(22)21-11-6-4-3-5-10(11)20/h7-8,10-11H,3-6,20H2,1-2H3,(H,21,22). The molecule has 1 saturated carbocycles. The molecule has 0 radical (unpaired) electrons. The summed E-state index contributed by atoms with van der Waals surface area (Å²) in [5, 5.41) is 2.85. The number of halogens is 3. The van der Waals surface area contributed by atoms with E-state index in [9.17, 15) is 18.0 Å². The predicted molar refractivity (Wildman–Crippen MR) is 87.5 cm³/mol. The number of nitrogens with one attached hydrogen (secondary N) is 1. The maximum atomic E-state index is 13.0. The zero-order valence-corrected chi connectivity index (χ0v) is 14.4. The van der Waals surface area contributed by atoms with Crippen molar-refractivity contribution in [2.45, 2.75) is 48.8 Å². The average molecular weight is 362 g/mol. The summed E-state index contributed by atoms with van der Waals surface area (Å²) >= 11 is 1.07. The van der Waals surface area contributed by atoms with Crippen LogP contribution in [0.15, 0.2) is 17.0 Å². The highest BCUT2D eigenvalue weighted by Gasteiger charge is 2.34. The van der Waals surface area contributed by atoms with E-state index in [4.69, 9.17) is 10.5 Å². The highest BCUT2D eigenvalue weighted by molar-refractivity contribution is 7.98. The zero-order chi connectivity index (χ0) is 17.9. The third-order valence-electron chi connectivity index (χ3n) is 4.20. The Morgan fingerprint density at radius 1 is 1.33 bits per heavy atom. The SMILES string of the molecule is COc1cc(C(F)(F)F)cc(SC)c1C(=O)NC1CCCCC1N. The zero-order valence-electron chi connectivity index (χ0n) is 13.6. The van der Waals surface area contributed by atoms with Crippen molar-refractivity contribution >= 4 is 17.7 Å². The lowest BCUT2D eigenvalue weighted by molar-refractivity contribution is -0.137. The summed E-state index contributed by atoms with van der Waals surface area (Å²) < 4.78 is 44.0. The van der Waals surface area contributed by atoms with Crippen LogP contribution in [0.3, 0.4) is 0 Å². The lowest BCUT2D eigenvalue weighted by Gasteiger charge is -2.29. The largest absolute Gasteiger partial charge is 0.496 e. The van der Waals surface area contributed by atoms with Gasteiger partial charge in [0.05, 0.1) is 18.2 Å². The van der Waals surface area contributed by atoms with Crippen LogP contribution in [0, 0.1) is 0 Å². The maximum absolute atomic E-state index is 13.0. The van der Waals surface area contributed by atoms with Gasteiger partial charge in [0.25, 0.3) is 5.91 Å². The first kappa shape index (κ1) is 18.9. The van der Waals surface area contributed by atoms with Crippen LogP contribution in [-0.4, -0.2) is 31.4 Å². The van der Waals surface area contributed by atoms with Gasteiger partial charge < -0.3 is 15.8 Å². The van der Waals surface area contributed by atoms with Gasteiger partial charge in [-0.25, -0.2) is 0 Å². The second-order valence-corrected chi connectivity index (χ2v) is 6.63. The smallest absolute Gasteiger partial charge is 0.416 e. The van der Waals surface area contributed by atoms with Crippen LogP contribution < -0.4 is 15.8 Å². The minimum atomic E-state index is -4.50. The molecule has 4 nitrogen and oxygen atoms in total. The van der Waals surface area contributed by atoms with Crippen molar-refractivity contribution in [3.8, 4) is 5.75 Å². The minimum absolute atomic E-state index is 0.0870. The fourth-order valence-corrected chi connectivity index (χ4v) is 3.52. The summed E-state index contributed by atoms with van der Waals surface area (Å²) in [5.41, 5.74) is 5.31. The first-order valence-corrected chi connectivity index (χ1v) is 8.90. The number of nitrogens with two attached hydrogens (primary N) is 1. The number of ether oxygens (including phenoxy) is 1. The summed E-state index contributed by atoms with van der Waals surface area (Å²) in [5.74, 6) is -0.539. The molecule has 3 N–H and O–H groups in total. The molecule has 1 aromatic rings. The van der Waals surface area contributed by atoms with Crippen molar-refractivity contribution in [2.75, 3.05) is 13.4 Å². The van der Waals surface area contributed by atoms with Crippen LogP contribution >= 0.6 is 11.8 Å². The topological polar surface area (TPSA) is 64.3 Å². The Morgan fingerprint density at radius 3 is 2.54 bits per heavy atom. The molecule has 0 saturated heterocycles. The first-order valence-electron chi connectivity index (χ1n) is 7.67. The second-order valence-electron chi connectivity index (χ2n) is 5.78. The van der Waals surface area contributed by atoms with E-state index in [1.807, 2.05) is 0 Å². The summed E-state index contributed by atoms with van der Waals surface area (Å²) in [6.45, 7) is 0. The molecule has 1 aromatic carbocycles. The van der Waals surface area contributed by atoms with Gasteiger partial charge in [0.2, 0.25) is 0 Å². The number of thioether (sulfide) groups is 1. The van der Waals surface area contributed by atoms with E-state index in [1.54, 1.807) is 6.26 Å². The van der Waals surface area contributed by atoms with E-state index in [-0.39, 0.29) is 28.3 Å². The van der Waals surface area contributed by atoms with Crippen molar-refractivity contribution in [1.82, 2.24) is 5.32 Å². The Bertz CT molecular complexity index is 582. The third kappa shape index (κ3) is 4.16. The normalized spacial score (nSPS) is 21.4. The molecule has 0 heterocycles. The Morgan fingerprint density at radius 2 is 2.00 bits per heavy atom. The molecular formula is C16H21F3N2O2S. The molecule has 1 fully saturated rings. The van der Waals surface area contributed by atoms with Gasteiger partial charge in [-0.3, -0.25) is 4.79 Å². The molecule has 24 heavy (non-hydrogen) atoms. The molecule has 0 aliphatic heterocycles. The van der Waals surface area contributed by atoms with Crippen LogP contribution in [0.25, 0.3) is 0 Å². The number of carbonyl (C=O) groups is 1. The summed E-state index contributed by atoms with van der Waals surface area (Å²) in [6, 6.07) is 1.52. The number of carbonyl (C=O) groups excluding carboxylic acids is 1. The predicted octanol–water partition coefficient (Wildman–Crippen LogP) is 3.44. The van der Waals surface area contributed by atoms with E-state index in [2.05, 4.69) is 5.32 Å². The number of hydrogen-bond donors (Lipinski definition) is 2. The molecule has 2 atom stereocenters. The van der Waals surface area contributed by atoms with Crippen LogP contribution in [0.2, 0.25) is 0 Å². The Hall–Kier alpha value is -1.41. The molecular weight excluding hydrogens is 341 g/mol. The minimum Gasteiger partial charge on any atom is -0.496 e. The molecule has 0 spiro atoms. The number of methoxy groups -OCH3 is 1. The molecule has 8 heteroatoms. The van der Waals surface area contributed by atoms with Crippen LogP contribution in [0.4, 0.5) is 13.2 Å². The maximum Gasteiger partial charge on any atom is 0.416 e. The van der Waals surface area contributed by atoms with E-state index < -0.39 is 17.6 Å². The van der Waals surface area contributed by atoms with Gasteiger partial charge in [0.15, 0.2) is 0 Å². The number of hydrogen-bond acceptors (Lipinski definition) is 4. The molecule has 2 rings (SSSR count). The Balaban J connectivity index is 2.35. The molecule has 134 valence electrons. The van der Waals surface area contributed by atoms with Gasteiger partial charge in [-0.15, -0.1) is 11.8 Å². The second kappa shape index (κ2) is 7.65. The highest BCUT2D eigenvalue weighted by Crippen LogP contribution is 2.38. The highest BCUT2D eigenvalue weighted by atomic mass is 32.2. The van der Waals surface area contributed by atoms with Gasteiger partial charge >= 0.3 is 6.18 Å². The van der Waals surface area contributed by atoms with Crippen LogP contribution in [0.1, 0.15) is 41.6 Å². The molecule has 1 aliphatic rings. The fourth-order valence-electron chi connectivity index (χ4n) is 2.88. The number of benzene rings is 1. The van der Waals surface area contributed by atoms with Crippen molar-refractivity contribution < 1.29 is 22.7 Å². The van der Waals surface area contributed by atoms with Gasteiger partial charge in [0.1, 0.15) is 5.75 Å². The van der Waals surface area contributed by atoms with Crippen molar-refractivity contribution in [1.29, 1.82) is 0 Å². The molecule has 2 unspecified atom stereocenters. The van der Waals surface area contributed by atoms with Gasteiger partial charge in [0, 0.05) is 17.0 Å². The van der Waals surface area contributed by atoms with E-state index in [0.717, 1.165) is 49.6 Å².